The first-order valence-corrected chi connectivity index (χ1v) is 12.6. The highest BCUT2D eigenvalue weighted by Gasteiger charge is 2.24. The van der Waals surface area contributed by atoms with Gasteiger partial charge in [0.1, 0.15) is 17.2 Å². The molecule has 0 spiro atoms. The number of nitrogens with two attached hydrogens (primary N) is 1. The zero-order valence-electron chi connectivity index (χ0n) is 20.5. The highest BCUT2D eigenvalue weighted by atomic mass is 16.1. The Hall–Kier alpha value is -3.24. The number of hydrogen-bond acceptors (Lipinski definition) is 9. The monoisotopic (exact) mass is 477 g/mol. The van der Waals surface area contributed by atoms with E-state index in [4.69, 9.17) is 10.7 Å². The van der Waals surface area contributed by atoms with E-state index in [1.807, 2.05) is 30.7 Å². The number of nitrogens with zero attached hydrogens (tertiary/aromatic N) is 5. The van der Waals surface area contributed by atoms with Crippen molar-refractivity contribution in [2.45, 2.75) is 51.6 Å². The van der Waals surface area contributed by atoms with Crippen LogP contribution in [0, 0.1) is 6.92 Å². The van der Waals surface area contributed by atoms with Gasteiger partial charge < -0.3 is 26.6 Å². The quantitative estimate of drug-likeness (QED) is 0.406. The summed E-state index contributed by atoms with van der Waals surface area (Å²) >= 11 is 0. The van der Waals surface area contributed by atoms with Crippen LogP contribution in [0.4, 0.5) is 23.1 Å². The van der Waals surface area contributed by atoms with E-state index in [0.29, 0.717) is 29.6 Å². The van der Waals surface area contributed by atoms with Gasteiger partial charge in [-0.15, -0.1) is 0 Å². The van der Waals surface area contributed by atoms with E-state index >= 15 is 0 Å². The highest BCUT2D eigenvalue weighted by Crippen LogP contribution is 2.32. The minimum atomic E-state index is -0.0577. The van der Waals surface area contributed by atoms with Crippen molar-refractivity contribution >= 4 is 34.2 Å². The second kappa shape index (κ2) is 10.2. The fourth-order valence-electron chi connectivity index (χ4n) is 5.05. The summed E-state index contributed by atoms with van der Waals surface area (Å²) < 4.78 is 1.87. The number of aromatic nitrogens is 4. The van der Waals surface area contributed by atoms with E-state index in [1.165, 1.54) is 0 Å². The van der Waals surface area contributed by atoms with Gasteiger partial charge in [0.15, 0.2) is 0 Å². The average molecular weight is 478 g/mol. The zero-order chi connectivity index (χ0) is 24.4. The van der Waals surface area contributed by atoms with Gasteiger partial charge in [-0.25, -0.2) is 9.97 Å². The normalized spacial score (nSPS) is 17.6. The molecular formula is C25H35N9O. The maximum Gasteiger partial charge on any atom is 0.276 e. The lowest BCUT2D eigenvalue weighted by atomic mass is 10.1. The van der Waals surface area contributed by atoms with Crippen LogP contribution in [0.1, 0.15) is 44.2 Å². The third-order valence-corrected chi connectivity index (χ3v) is 6.97. The summed E-state index contributed by atoms with van der Waals surface area (Å²) in [7, 11) is 0. The summed E-state index contributed by atoms with van der Waals surface area (Å²) in [5.74, 6) is 1.10. The standard InChI is InChI=1S/C25H35N9O/c1-16(26)13-29-22-17(2)20-15-30-25(32-23(20)34(24(22)35)18-5-3-4-6-18)31-21-8-7-19(14-28-21)33-11-9-27-10-12-33/h7-8,14-16,18,27,29H,3-6,9-13,26H2,1-2H3,(H,28,30,31,32). The van der Waals surface area contributed by atoms with Gasteiger partial charge >= 0.3 is 0 Å². The van der Waals surface area contributed by atoms with E-state index in [0.717, 1.165) is 68.5 Å². The minimum Gasteiger partial charge on any atom is -0.379 e. The number of hydrogen-bond donors (Lipinski definition) is 4. The van der Waals surface area contributed by atoms with Crippen LogP contribution in [0.5, 0.6) is 0 Å². The number of nitrogens with one attached hydrogen (secondary N) is 3. The molecule has 10 nitrogen and oxygen atoms in total. The molecule has 3 aromatic rings. The Balaban J connectivity index is 1.48. The van der Waals surface area contributed by atoms with Gasteiger partial charge in [0.05, 0.1) is 11.9 Å². The SMILES string of the molecule is Cc1c(NCC(C)N)c(=O)n(C2CCCC2)c2nc(Nc3ccc(N4CCNCC4)cn3)ncc12. The van der Waals surface area contributed by atoms with Crippen molar-refractivity contribution in [2.75, 3.05) is 48.3 Å². The maximum atomic E-state index is 13.6. The Bertz CT molecular complexity index is 1230. The number of fused-ring (bicyclic) bond motifs is 1. The molecule has 2 fully saturated rings. The van der Waals surface area contributed by atoms with Crippen molar-refractivity contribution in [2.24, 2.45) is 5.73 Å². The van der Waals surface area contributed by atoms with Gasteiger partial charge in [0.2, 0.25) is 5.95 Å². The third kappa shape index (κ3) is 4.94. The molecule has 1 saturated heterocycles. The summed E-state index contributed by atoms with van der Waals surface area (Å²) in [4.78, 5) is 29.9. The molecule has 10 heteroatoms. The fourth-order valence-corrected chi connectivity index (χ4v) is 5.05. The van der Waals surface area contributed by atoms with Crippen molar-refractivity contribution in [3.63, 3.8) is 0 Å². The molecule has 35 heavy (non-hydrogen) atoms. The van der Waals surface area contributed by atoms with Crippen molar-refractivity contribution in [3.8, 4) is 0 Å². The van der Waals surface area contributed by atoms with E-state index in [2.05, 4.69) is 36.9 Å². The highest BCUT2D eigenvalue weighted by molar-refractivity contribution is 5.84. The lowest BCUT2D eigenvalue weighted by Gasteiger charge is -2.29. The van der Waals surface area contributed by atoms with Gasteiger partial charge in [-0.3, -0.25) is 9.36 Å². The summed E-state index contributed by atoms with van der Waals surface area (Å²) in [6.07, 6.45) is 7.88. The molecule has 1 unspecified atom stereocenters. The molecule has 3 aromatic heterocycles. The van der Waals surface area contributed by atoms with Crippen LogP contribution in [0.2, 0.25) is 0 Å². The van der Waals surface area contributed by atoms with Crippen molar-refractivity contribution < 1.29 is 0 Å². The van der Waals surface area contributed by atoms with Crippen molar-refractivity contribution in [3.05, 3.63) is 40.4 Å². The Morgan fingerprint density at radius 3 is 2.63 bits per heavy atom. The number of piperazine rings is 1. The Kier molecular flexibility index (Phi) is 6.83. The molecule has 0 bridgehead atoms. The number of rotatable bonds is 7. The van der Waals surface area contributed by atoms with E-state index in [9.17, 15) is 4.79 Å². The molecular weight excluding hydrogens is 442 g/mol. The van der Waals surface area contributed by atoms with Crippen molar-refractivity contribution in [1.82, 2.24) is 24.8 Å². The molecule has 186 valence electrons. The smallest absolute Gasteiger partial charge is 0.276 e. The second-order valence-corrected chi connectivity index (χ2v) is 9.67. The Labute approximate surface area is 205 Å². The molecule has 1 atom stereocenters. The molecule has 2 aliphatic rings. The van der Waals surface area contributed by atoms with Crippen molar-refractivity contribution in [1.29, 1.82) is 0 Å². The first-order chi connectivity index (χ1) is 17.0. The van der Waals surface area contributed by atoms with Gasteiger partial charge in [-0.1, -0.05) is 12.8 Å². The third-order valence-electron chi connectivity index (χ3n) is 6.97. The summed E-state index contributed by atoms with van der Waals surface area (Å²) in [6, 6.07) is 4.09. The molecule has 1 aliphatic heterocycles. The number of aryl methyl sites for hydroxylation is 1. The second-order valence-electron chi connectivity index (χ2n) is 9.67. The average Bonchev–Trinajstić information content (AvgIpc) is 3.39. The van der Waals surface area contributed by atoms with Gasteiger partial charge in [-0.05, 0) is 44.4 Å². The lowest BCUT2D eigenvalue weighted by Crippen LogP contribution is -2.43. The van der Waals surface area contributed by atoms with Crippen LogP contribution in [0.15, 0.2) is 29.3 Å². The fraction of sp³-hybridized carbons (Fsp3) is 0.520. The van der Waals surface area contributed by atoms with Crippen LogP contribution in [0.25, 0.3) is 11.0 Å². The van der Waals surface area contributed by atoms with E-state index < -0.39 is 0 Å². The molecule has 0 amide bonds. The summed E-state index contributed by atoms with van der Waals surface area (Å²) in [5, 5.41) is 10.7. The molecule has 5 N–H and O–H groups in total. The lowest BCUT2D eigenvalue weighted by molar-refractivity contribution is 0.516. The minimum absolute atomic E-state index is 0.0364. The summed E-state index contributed by atoms with van der Waals surface area (Å²) in [6.45, 7) is 8.30. The summed E-state index contributed by atoms with van der Waals surface area (Å²) in [5.41, 5.74) is 9.12. The number of pyridine rings is 2. The van der Waals surface area contributed by atoms with Gasteiger partial charge in [0, 0.05) is 56.4 Å². The van der Waals surface area contributed by atoms with E-state index in [-0.39, 0.29) is 17.6 Å². The first kappa shape index (κ1) is 23.5. The predicted octanol–water partition coefficient (Wildman–Crippen LogP) is 2.52. The van der Waals surface area contributed by atoms with Crippen LogP contribution >= 0.6 is 0 Å². The topological polar surface area (TPSA) is 126 Å². The first-order valence-electron chi connectivity index (χ1n) is 12.6. The molecule has 5 rings (SSSR count). The largest absolute Gasteiger partial charge is 0.379 e. The molecule has 0 aromatic carbocycles. The zero-order valence-corrected chi connectivity index (χ0v) is 20.5. The Morgan fingerprint density at radius 1 is 1.17 bits per heavy atom. The van der Waals surface area contributed by atoms with Gasteiger partial charge in [0.25, 0.3) is 5.56 Å². The maximum absolute atomic E-state index is 13.6. The molecule has 4 heterocycles. The molecule has 0 radical (unpaired) electrons. The van der Waals surface area contributed by atoms with Crippen LogP contribution in [-0.4, -0.2) is 58.3 Å². The number of anilines is 4. The Morgan fingerprint density at radius 2 is 1.94 bits per heavy atom. The van der Waals surface area contributed by atoms with E-state index in [1.54, 1.807) is 6.20 Å². The van der Waals surface area contributed by atoms with Crippen LogP contribution in [0.3, 0.4) is 0 Å². The van der Waals surface area contributed by atoms with Crippen LogP contribution < -0.4 is 32.1 Å². The molecule has 1 aliphatic carbocycles. The molecule has 1 saturated carbocycles. The van der Waals surface area contributed by atoms with Gasteiger partial charge in [-0.2, -0.15) is 4.98 Å². The predicted molar refractivity (Wildman–Crippen MR) is 141 cm³/mol. The van der Waals surface area contributed by atoms with Crippen LogP contribution in [-0.2, 0) is 0 Å².